The van der Waals surface area contributed by atoms with E-state index in [1.165, 1.54) is 11.3 Å². The van der Waals surface area contributed by atoms with E-state index >= 15 is 0 Å². The summed E-state index contributed by atoms with van der Waals surface area (Å²) in [6, 6.07) is 2.00. The van der Waals surface area contributed by atoms with E-state index in [9.17, 15) is 0 Å². The van der Waals surface area contributed by atoms with Gasteiger partial charge < -0.3 is 5.32 Å². The van der Waals surface area contributed by atoms with Gasteiger partial charge in [0.2, 0.25) is 0 Å². The first-order chi connectivity index (χ1) is 5.25. The van der Waals surface area contributed by atoms with Crippen LogP contribution in [0.3, 0.4) is 0 Å². The molecule has 2 heteroatoms. The van der Waals surface area contributed by atoms with Gasteiger partial charge in [-0.1, -0.05) is 13.8 Å². The van der Waals surface area contributed by atoms with Crippen molar-refractivity contribution in [3.8, 4) is 0 Å². The molecule has 0 fully saturated rings. The summed E-state index contributed by atoms with van der Waals surface area (Å²) in [6.45, 7) is 4.33. The molecule has 2 nitrogen and oxygen atoms in total. The number of nitrogens with zero attached hydrogens (tertiary/aromatic N) is 1. The number of pyridine rings is 1. The summed E-state index contributed by atoms with van der Waals surface area (Å²) in [5.41, 5.74) is 2.45. The van der Waals surface area contributed by atoms with Crippen molar-refractivity contribution in [2.75, 3.05) is 12.4 Å². The van der Waals surface area contributed by atoms with Crippen molar-refractivity contribution in [1.29, 1.82) is 0 Å². The molecule has 1 aromatic rings. The van der Waals surface area contributed by atoms with Crippen molar-refractivity contribution in [2.24, 2.45) is 0 Å². The molecule has 0 aliphatic carbocycles. The standard InChI is InChI=1S/C9H14N2/c1-7(2)8-6-11-5-4-9(8)10-3/h4-7H,1-3H3,(H,10,11). The van der Waals surface area contributed by atoms with Crippen molar-refractivity contribution in [3.05, 3.63) is 24.0 Å². The first-order valence-electron chi connectivity index (χ1n) is 3.87. The molecular weight excluding hydrogens is 136 g/mol. The molecular formula is C9H14N2. The van der Waals surface area contributed by atoms with Crippen molar-refractivity contribution in [2.45, 2.75) is 19.8 Å². The van der Waals surface area contributed by atoms with Gasteiger partial charge in [0.1, 0.15) is 0 Å². The second-order valence-electron chi connectivity index (χ2n) is 2.87. The molecule has 0 spiro atoms. The van der Waals surface area contributed by atoms with Crippen LogP contribution in [0.1, 0.15) is 25.3 Å². The highest BCUT2D eigenvalue weighted by molar-refractivity contribution is 5.50. The van der Waals surface area contributed by atoms with E-state index in [4.69, 9.17) is 0 Å². The Balaban J connectivity index is 3.02. The van der Waals surface area contributed by atoms with Crippen LogP contribution in [0.4, 0.5) is 5.69 Å². The lowest BCUT2D eigenvalue weighted by atomic mass is 10.0. The summed E-state index contributed by atoms with van der Waals surface area (Å²) in [6.07, 6.45) is 3.72. The van der Waals surface area contributed by atoms with Crippen LogP contribution in [0, 0.1) is 0 Å². The quantitative estimate of drug-likeness (QED) is 0.699. The van der Waals surface area contributed by atoms with Gasteiger partial charge in [-0.15, -0.1) is 0 Å². The van der Waals surface area contributed by atoms with E-state index < -0.39 is 0 Å². The fourth-order valence-electron chi connectivity index (χ4n) is 1.09. The van der Waals surface area contributed by atoms with Crippen molar-refractivity contribution >= 4 is 5.69 Å². The number of hydrogen-bond acceptors (Lipinski definition) is 2. The lowest BCUT2D eigenvalue weighted by molar-refractivity contribution is 0.860. The minimum atomic E-state index is 0.533. The third-order valence-electron chi connectivity index (χ3n) is 1.74. The third-order valence-corrected chi connectivity index (χ3v) is 1.74. The van der Waals surface area contributed by atoms with E-state index in [-0.39, 0.29) is 0 Å². The van der Waals surface area contributed by atoms with Crippen LogP contribution in [0.2, 0.25) is 0 Å². The fourth-order valence-corrected chi connectivity index (χ4v) is 1.09. The monoisotopic (exact) mass is 150 g/mol. The van der Waals surface area contributed by atoms with Crippen molar-refractivity contribution < 1.29 is 0 Å². The second kappa shape index (κ2) is 3.37. The van der Waals surface area contributed by atoms with Gasteiger partial charge in [0.05, 0.1) is 0 Å². The van der Waals surface area contributed by atoms with Gasteiger partial charge in [-0.3, -0.25) is 4.98 Å². The van der Waals surface area contributed by atoms with Crippen LogP contribution in [0.25, 0.3) is 0 Å². The Labute approximate surface area is 67.7 Å². The van der Waals surface area contributed by atoms with Crippen LogP contribution >= 0.6 is 0 Å². The fraction of sp³-hybridized carbons (Fsp3) is 0.444. The Kier molecular flexibility index (Phi) is 2.47. The minimum absolute atomic E-state index is 0.533. The SMILES string of the molecule is CNc1ccncc1C(C)C. The summed E-state index contributed by atoms with van der Waals surface area (Å²) in [4.78, 5) is 4.07. The molecule has 0 aliphatic rings. The molecule has 11 heavy (non-hydrogen) atoms. The van der Waals surface area contributed by atoms with Gasteiger partial charge in [0, 0.05) is 25.1 Å². The molecule has 0 saturated carbocycles. The number of aromatic nitrogens is 1. The Hall–Kier alpha value is -1.05. The maximum Gasteiger partial charge on any atom is 0.0403 e. The minimum Gasteiger partial charge on any atom is -0.388 e. The first kappa shape index (κ1) is 8.05. The smallest absolute Gasteiger partial charge is 0.0403 e. The largest absolute Gasteiger partial charge is 0.388 e. The van der Waals surface area contributed by atoms with Crippen molar-refractivity contribution in [1.82, 2.24) is 4.98 Å². The van der Waals surface area contributed by atoms with E-state index in [0.29, 0.717) is 5.92 Å². The molecule has 1 N–H and O–H groups in total. The predicted octanol–water partition coefficient (Wildman–Crippen LogP) is 2.25. The highest BCUT2D eigenvalue weighted by Gasteiger charge is 2.03. The molecule has 0 unspecified atom stereocenters. The second-order valence-corrected chi connectivity index (χ2v) is 2.87. The normalized spacial score (nSPS) is 10.2. The van der Waals surface area contributed by atoms with Crippen LogP contribution in [0.5, 0.6) is 0 Å². The van der Waals surface area contributed by atoms with Crippen molar-refractivity contribution in [3.63, 3.8) is 0 Å². The van der Waals surface area contributed by atoms with Gasteiger partial charge in [-0.25, -0.2) is 0 Å². The predicted molar refractivity (Wildman–Crippen MR) is 47.9 cm³/mol. The molecule has 0 saturated heterocycles. The number of nitrogens with one attached hydrogen (secondary N) is 1. The first-order valence-corrected chi connectivity index (χ1v) is 3.87. The topological polar surface area (TPSA) is 24.9 Å². The summed E-state index contributed by atoms with van der Waals surface area (Å²) in [7, 11) is 1.93. The summed E-state index contributed by atoms with van der Waals surface area (Å²) >= 11 is 0. The average molecular weight is 150 g/mol. The lowest BCUT2D eigenvalue weighted by Crippen LogP contribution is -1.97. The highest BCUT2D eigenvalue weighted by Crippen LogP contribution is 2.21. The number of hydrogen-bond donors (Lipinski definition) is 1. The zero-order chi connectivity index (χ0) is 8.27. The van der Waals surface area contributed by atoms with Gasteiger partial charge in [-0.05, 0) is 17.5 Å². The summed E-state index contributed by atoms with van der Waals surface area (Å²) in [5.74, 6) is 0.533. The van der Waals surface area contributed by atoms with Crippen LogP contribution in [0.15, 0.2) is 18.5 Å². The Morgan fingerprint density at radius 3 is 2.64 bits per heavy atom. The zero-order valence-electron chi connectivity index (χ0n) is 7.26. The van der Waals surface area contributed by atoms with Gasteiger partial charge in [-0.2, -0.15) is 0 Å². The van der Waals surface area contributed by atoms with E-state index in [0.717, 1.165) is 0 Å². The molecule has 1 rings (SSSR count). The van der Waals surface area contributed by atoms with Gasteiger partial charge in [0.25, 0.3) is 0 Å². The van der Waals surface area contributed by atoms with Crippen LogP contribution in [-0.2, 0) is 0 Å². The molecule has 0 aromatic carbocycles. The Bertz CT molecular complexity index is 231. The number of anilines is 1. The summed E-state index contributed by atoms with van der Waals surface area (Å²) in [5, 5.41) is 3.14. The van der Waals surface area contributed by atoms with Crippen LogP contribution in [-0.4, -0.2) is 12.0 Å². The lowest BCUT2D eigenvalue weighted by Gasteiger charge is -2.10. The average Bonchev–Trinajstić information content (AvgIpc) is 2.04. The Morgan fingerprint density at radius 2 is 2.18 bits per heavy atom. The summed E-state index contributed by atoms with van der Waals surface area (Å²) < 4.78 is 0. The highest BCUT2D eigenvalue weighted by atomic mass is 14.8. The zero-order valence-corrected chi connectivity index (χ0v) is 7.26. The molecule has 60 valence electrons. The molecule has 0 atom stereocenters. The molecule has 1 heterocycles. The molecule has 0 radical (unpaired) electrons. The van der Waals surface area contributed by atoms with E-state index in [1.54, 1.807) is 6.20 Å². The van der Waals surface area contributed by atoms with Gasteiger partial charge in [0.15, 0.2) is 0 Å². The molecule has 1 aromatic heterocycles. The maximum atomic E-state index is 4.07. The molecule has 0 aliphatic heterocycles. The third kappa shape index (κ3) is 1.70. The van der Waals surface area contributed by atoms with E-state index in [1.807, 2.05) is 19.3 Å². The molecule has 0 amide bonds. The van der Waals surface area contributed by atoms with E-state index in [2.05, 4.69) is 24.1 Å². The molecule has 0 bridgehead atoms. The maximum absolute atomic E-state index is 4.07. The van der Waals surface area contributed by atoms with Crippen LogP contribution < -0.4 is 5.32 Å². The number of rotatable bonds is 2. The van der Waals surface area contributed by atoms with Gasteiger partial charge >= 0.3 is 0 Å². The Morgan fingerprint density at radius 1 is 1.45 bits per heavy atom.